The predicted octanol–water partition coefficient (Wildman–Crippen LogP) is 3.94. The van der Waals surface area contributed by atoms with E-state index in [1.54, 1.807) is 0 Å². The molecule has 2 saturated carbocycles. The highest BCUT2D eigenvalue weighted by molar-refractivity contribution is 6.30. The Morgan fingerprint density at radius 1 is 1.21 bits per heavy atom. The highest BCUT2D eigenvalue weighted by atomic mass is 35.5. The van der Waals surface area contributed by atoms with E-state index in [1.807, 2.05) is 6.92 Å². The van der Waals surface area contributed by atoms with Gasteiger partial charge in [-0.25, -0.2) is 9.97 Å². The quantitative estimate of drug-likeness (QED) is 0.765. The van der Waals surface area contributed by atoms with Crippen LogP contribution in [-0.2, 0) is 0 Å². The minimum atomic E-state index is 0.553. The van der Waals surface area contributed by atoms with Crippen molar-refractivity contribution in [2.24, 2.45) is 5.92 Å². The largest absolute Gasteiger partial charge is 0.353 e. The van der Waals surface area contributed by atoms with E-state index >= 15 is 0 Å². The number of rotatable bonds is 5. The first kappa shape index (κ1) is 13.2. The Morgan fingerprint density at radius 2 is 1.89 bits per heavy atom. The SMILES string of the molecule is Cc1c(Cl)nc(C2CC2)nc1N(CC(C)C)C1CC1. The topological polar surface area (TPSA) is 29.0 Å². The molecule has 19 heavy (non-hydrogen) atoms. The summed E-state index contributed by atoms with van der Waals surface area (Å²) in [7, 11) is 0. The molecular formula is C15H22ClN3. The van der Waals surface area contributed by atoms with Gasteiger partial charge in [0.25, 0.3) is 0 Å². The lowest BCUT2D eigenvalue weighted by molar-refractivity contribution is 0.599. The van der Waals surface area contributed by atoms with Crippen LogP contribution in [0.2, 0.25) is 5.15 Å². The maximum atomic E-state index is 6.32. The fourth-order valence-corrected chi connectivity index (χ4v) is 2.66. The van der Waals surface area contributed by atoms with Crippen molar-refractivity contribution in [2.45, 2.75) is 58.4 Å². The number of hydrogen-bond acceptors (Lipinski definition) is 3. The normalized spacial score (nSPS) is 19.0. The number of nitrogens with zero attached hydrogens (tertiary/aromatic N) is 3. The van der Waals surface area contributed by atoms with Gasteiger partial charge in [0.1, 0.15) is 16.8 Å². The van der Waals surface area contributed by atoms with Crippen LogP contribution in [-0.4, -0.2) is 22.6 Å². The van der Waals surface area contributed by atoms with E-state index in [2.05, 4.69) is 23.7 Å². The average molecular weight is 280 g/mol. The zero-order valence-electron chi connectivity index (χ0n) is 12.0. The molecule has 0 aliphatic heterocycles. The molecular weight excluding hydrogens is 258 g/mol. The lowest BCUT2D eigenvalue weighted by atomic mass is 10.2. The van der Waals surface area contributed by atoms with Gasteiger partial charge < -0.3 is 4.90 Å². The van der Waals surface area contributed by atoms with Gasteiger partial charge in [-0.1, -0.05) is 25.4 Å². The lowest BCUT2D eigenvalue weighted by Gasteiger charge is -2.27. The van der Waals surface area contributed by atoms with Crippen molar-refractivity contribution in [1.82, 2.24) is 9.97 Å². The molecule has 0 unspecified atom stereocenters. The van der Waals surface area contributed by atoms with Crippen LogP contribution in [0.5, 0.6) is 0 Å². The van der Waals surface area contributed by atoms with E-state index in [1.165, 1.54) is 25.7 Å². The smallest absolute Gasteiger partial charge is 0.137 e. The Morgan fingerprint density at radius 3 is 2.42 bits per heavy atom. The molecule has 0 aromatic carbocycles. The Kier molecular flexibility index (Phi) is 3.42. The van der Waals surface area contributed by atoms with Crippen LogP contribution in [0.25, 0.3) is 0 Å². The number of hydrogen-bond donors (Lipinski definition) is 0. The number of halogens is 1. The molecule has 104 valence electrons. The summed E-state index contributed by atoms with van der Waals surface area (Å²) in [5.74, 6) is 3.23. The molecule has 1 heterocycles. The average Bonchev–Trinajstić information content (AvgIpc) is 3.21. The maximum absolute atomic E-state index is 6.32. The van der Waals surface area contributed by atoms with Crippen LogP contribution in [0.3, 0.4) is 0 Å². The van der Waals surface area contributed by atoms with Crippen molar-refractivity contribution in [3.8, 4) is 0 Å². The summed E-state index contributed by atoms with van der Waals surface area (Å²) in [6, 6.07) is 0.666. The molecule has 3 nitrogen and oxygen atoms in total. The van der Waals surface area contributed by atoms with Crippen LogP contribution in [0.4, 0.5) is 5.82 Å². The van der Waals surface area contributed by atoms with Crippen LogP contribution in [0.1, 0.15) is 56.8 Å². The minimum Gasteiger partial charge on any atom is -0.353 e. The van der Waals surface area contributed by atoms with Gasteiger partial charge in [-0.2, -0.15) is 0 Å². The van der Waals surface area contributed by atoms with Gasteiger partial charge in [0.15, 0.2) is 0 Å². The maximum Gasteiger partial charge on any atom is 0.137 e. The van der Waals surface area contributed by atoms with Gasteiger partial charge in [-0.15, -0.1) is 0 Å². The van der Waals surface area contributed by atoms with Crippen molar-refractivity contribution in [3.63, 3.8) is 0 Å². The van der Waals surface area contributed by atoms with E-state index in [0.29, 0.717) is 23.0 Å². The molecule has 2 aliphatic carbocycles. The highest BCUT2D eigenvalue weighted by Gasteiger charge is 2.34. The standard InChI is InChI=1S/C15H22ClN3/c1-9(2)8-19(12-6-7-12)15-10(3)13(16)17-14(18-15)11-4-5-11/h9,11-12H,4-8H2,1-3H3. The van der Waals surface area contributed by atoms with Crippen LogP contribution < -0.4 is 4.90 Å². The van der Waals surface area contributed by atoms with E-state index in [-0.39, 0.29) is 0 Å². The van der Waals surface area contributed by atoms with Gasteiger partial charge in [0.2, 0.25) is 0 Å². The van der Waals surface area contributed by atoms with Crippen molar-refractivity contribution in [2.75, 3.05) is 11.4 Å². The summed E-state index contributed by atoms with van der Waals surface area (Å²) in [5, 5.41) is 0.640. The Hall–Kier alpha value is -0.830. The van der Waals surface area contributed by atoms with Crippen molar-refractivity contribution in [1.29, 1.82) is 0 Å². The Balaban J connectivity index is 1.95. The van der Waals surface area contributed by atoms with E-state index in [4.69, 9.17) is 16.6 Å². The second kappa shape index (κ2) is 4.93. The summed E-state index contributed by atoms with van der Waals surface area (Å²) in [4.78, 5) is 11.8. The van der Waals surface area contributed by atoms with Crippen LogP contribution in [0.15, 0.2) is 0 Å². The first-order valence-corrected chi connectivity index (χ1v) is 7.74. The number of aromatic nitrogens is 2. The van der Waals surface area contributed by atoms with Crippen LogP contribution in [0, 0.1) is 12.8 Å². The van der Waals surface area contributed by atoms with E-state index in [0.717, 1.165) is 23.8 Å². The molecule has 0 saturated heterocycles. The Labute approximate surface area is 120 Å². The molecule has 1 aromatic heterocycles. The van der Waals surface area contributed by atoms with Crippen molar-refractivity contribution < 1.29 is 0 Å². The zero-order chi connectivity index (χ0) is 13.6. The first-order chi connectivity index (χ1) is 9.06. The van der Waals surface area contributed by atoms with Crippen LogP contribution >= 0.6 is 11.6 Å². The fourth-order valence-electron chi connectivity index (χ4n) is 2.49. The summed E-state index contributed by atoms with van der Waals surface area (Å²) in [6.07, 6.45) is 5.00. The monoisotopic (exact) mass is 279 g/mol. The first-order valence-electron chi connectivity index (χ1n) is 7.37. The minimum absolute atomic E-state index is 0.553. The number of anilines is 1. The molecule has 2 fully saturated rings. The van der Waals surface area contributed by atoms with Gasteiger partial charge in [-0.3, -0.25) is 0 Å². The molecule has 4 heteroatoms. The predicted molar refractivity (Wildman–Crippen MR) is 79.0 cm³/mol. The van der Waals surface area contributed by atoms with Gasteiger partial charge >= 0.3 is 0 Å². The molecule has 0 atom stereocenters. The highest BCUT2D eigenvalue weighted by Crippen LogP contribution is 2.41. The molecule has 1 aromatic rings. The van der Waals surface area contributed by atoms with Gasteiger partial charge in [-0.05, 0) is 38.5 Å². The third kappa shape index (κ3) is 2.86. The van der Waals surface area contributed by atoms with Crippen molar-refractivity contribution in [3.05, 3.63) is 16.5 Å². The second-order valence-corrected chi connectivity index (χ2v) is 6.73. The molecule has 3 rings (SSSR count). The third-order valence-electron chi connectivity index (χ3n) is 3.84. The second-order valence-electron chi connectivity index (χ2n) is 6.37. The molecule has 0 N–H and O–H groups in total. The molecule has 0 spiro atoms. The van der Waals surface area contributed by atoms with Gasteiger partial charge in [0, 0.05) is 24.1 Å². The zero-order valence-corrected chi connectivity index (χ0v) is 12.7. The summed E-state index contributed by atoms with van der Waals surface area (Å²) in [6.45, 7) is 7.62. The fraction of sp³-hybridized carbons (Fsp3) is 0.733. The lowest BCUT2D eigenvalue weighted by Crippen LogP contribution is -2.31. The summed E-state index contributed by atoms with van der Waals surface area (Å²) < 4.78 is 0. The molecule has 0 bridgehead atoms. The molecule has 0 amide bonds. The van der Waals surface area contributed by atoms with Crippen molar-refractivity contribution >= 4 is 17.4 Å². The van der Waals surface area contributed by atoms with Gasteiger partial charge in [0.05, 0.1) is 0 Å². The van der Waals surface area contributed by atoms with E-state index in [9.17, 15) is 0 Å². The Bertz CT molecular complexity index is 479. The van der Waals surface area contributed by atoms with E-state index < -0.39 is 0 Å². The summed E-state index contributed by atoms with van der Waals surface area (Å²) >= 11 is 6.32. The third-order valence-corrected chi connectivity index (χ3v) is 4.21. The summed E-state index contributed by atoms with van der Waals surface area (Å²) in [5.41, 5.74) is 1.04. The molecule has 0 radical (unpaired) electrons. The molecule has 2 aliphatic rings.